The van der Waals surface area contributed by atoms with Crippen LogP contribution < -0.4 is 5.32 Å². The third-order valence-electron chi connectivity index (χ3n) is 2.78. The zero-order valence-electron chi connectivity index (χ0n) is 10.9. The van der Waals surface area contributed by atoms with Gasteiger partial charge in [-0.3, -0.25) is 0 Å². The van der Waals surface area contributed by atoms with Crippen LogP contribution in [0.15, 0.2) is 14.8 Å². The maximum Gasteiger partial charge on any atom is 0.152 e. The van der Waals surface area contributed by atoms with Crippen LogP contribution in [0.2, 0.25) is 10.0 Å². The van der Waals surface area contributed by atoms with Crippen molar-refractivity contribution in [2.75, 3.05) is 16.8 Å². The van der Waals surface area contributed by atoms with E-state index in [4.69, 9.17) is 23.2 Å². The van der Waals surface area contributed by atoms with E-state index in [2.05, 4.69) is 14.0 Å². The van der Waals surface area contributed by atoms with Crippen LogP contribution in [0.3, 0.4) is 0 Å². The molecule has 0 fully saturated rings. The fraction of sp³-hybridized carbons (Fsp3) is 0.455. The van der Waals surface area contributed by atoms with Gasteiger partial charge in [-0.05, 0) is 13.0 Å². The van der Waals surface area contributed by atoms with Crippen molar-refractivity contribution in [2.45, 2.75) is 19.9 Å². The van der Waals surface area contributed by atoms with Crippen LogP contribution in [-0.4, -0.2) is 26.0 Å². The van der Waals surface area contributed by atoms with Crippen LogP contribution in [0.5, 0.6) is 0 Å². The topological polar surface area (TPSA) is 70.9 Å². The van der Waals surface area contributed by atoms with Gasteiger partial charge in [0.2, 0.25) is 0 Å². The third kappa shape index (κ3) is 3.33. The molecule has 5 nitrogen and oxygen atoms in total. The quantitative estimate of drug-likeness (QED) is 0.884. The van der Waals surface area contributed by atoms with Gasteiger partial charge in [0.05, 0.1) is 32.8 Å². The number of nitrogens with one attached hydrogen (secondary N) is 1. The molecule has 1 atom stereocenters. The Balaban J connectivity index is 2.28. The highest BCUT2D eigenvalue weighted by Crippen LogP contribution is 2.47. The van der Waals surface area contributed by atoms with Gasteiger partial charge in [0.1, 0.15) is 11.4 Å². The highest BCUT2D eigenvalue weighted by Gasteiger charge is 2.21. The number of hydrogen-bond acceptors (Lipinski definition) is 5. The van der Waals surface area contributed by atoms with Gasteiger partial charge in [-0.15, -0.1) is 0 Å². The molecule has 1 unspecified atom stereocenters. The Hall–Kier alpha value is -0.630. The number of rotatable bonds is 5. The molecule has 0 aliphatic carbocycles. The summed E-state index contributed by atoms with van der Waals surface area (Å²) in [7, 11) is -3.06. The van der Waals surface area contributed by atoms with E-state index >= 15 is 0 Å². The molecule has 0 saturated heterocycles. The van der Waals surface area contributed by atoms with Gasteiger partial charge < -0.3 is 5.32 Å². The lowest BCUT2D eigenvalue weighted by Crippen LogP contribution is -2.26. The molecule has 0 amide bonds. The molecule has 0 saturated carbocycles. The monoisotopic (exact) mass is 353 g/mol. The van der Waals surface area contributed by atoms with E-state index in [1.54, 1.807) is 19.9 Å². The maximum absolute atomic E-state index is 11.6. The van der Waals surface area contributed by atoms with Crippen molar-refractivity contribution in [1.82, 2.24) is 0 Å². The van der Waals surface area contributed by atoms with Crippen molar-refractivity contribution in [1.29, 1.82) is 0 Å². The Labute approximate surface area is 131 Å². The molecule has 1 aliphatic heterocycles. The summed E-state index contributed by atoms with van der Waals surface area (Å²) in [5, 5.41) is 3.92. The fourth-order valence-electron chi connectivity index (χ4n) is 1.80. The van der Waals surface area contributed by atoms with E-state index in [9.17, 15) is 8.42 Å². The van der Waals surface area contributed by atoms with Gasteiger partial charge in [0.15, 0.2) is 9.84 Å². The second-order valence-corrected chi connectivity index (χ2v) is 8.16. The van der Waals surface area contributed by atoms with Crippen LogP contribution in [0.25, 0.3) is 0 Å². The molecule has 110 valence electrons. The van der Waals surface area contributed by atoms with Crippen molar-refractivity contribution in [2.24, 2.45) is 8.73 Å². The molecule has 0 bridgehead atoms. The SMILES string of the molecule is CCS(=O)(=O)CC(C)Nc1c(Cl)cc(Cl)c2c1N=S=N2. The van der Waals surface area contributed by atoms with Gasteiger partial charge in [-0.2, -0.15) is 8.73 Å². The van der Waals surface area contributed by atoms with Gasteiger partial charge in [0.25, 0.3) is 0 Å². The lowest BCUT2D eigenvalue weighted by atomic mass is 10.2. The normalized spacial score (nSPS) is 14.8. The first-order chi connectivity index (χ1) is 9.34. The van der Waals surface area contributed by atoms with Crippen LogP contribution >= 0.6 is 23.2 Å². The maximum atomic E-state index is 11.6. The average molecular weight is 354 g/mol. The molecule has 1 aromatic rings. The van der Waals surface area contributed by atoms with E-state index in [-0.39, 0.29) is 17.5 Å². The van der Waals surface area contributed by atoms with Crippen LogP contribution in [0.1, 0.15) is 13.8 Å². The summed E-state index contributed by atoms with van der Waals surface area (Å²) in [6, 6.07) is 1.29. The van der Waals surface area contributed by atoms with Crippen molar-refractivity contribution in [3.05, 3.63) is 16.1 Å². The molecular weight excluding hydrogens is 341 g/mol. The third-order valence-corrected chi connectivity index (χ3v) is 5.78. The lowest BCUT2D eigenvalue weighted by molar-refractivity contribution is 0.593. The number of halogens is 2. The largest absolute Gasteiger partial charge is 0.379 e. The summed E-state index contributed by atoms with van der Waals surface area (Å²) in [5.41, 5.74) is 1.70. The number of sulfone groups is 1. The summed E-state index contributed by atoms with van der Waals surface area (Å²) in [5.74, 6) is 0.141. The first-order valence-electron chi connectivity index (χ1n) is 5.91. The number of fused-ring (bicyclic) bond motifs is 1. The molecule has 20 heavy (non-hydrogen) atoms. The second kappa shape index (κ2) is 6.01. The molecule has 0 spiro atoms. The molecule has 1 heterocycles. The molecule has 0 radical (unpaired) electrons. The minimum Gasteiger partial charge on any atom is -0.379 e. The van der Waals surface area contributed by atoms with Crippen molar-refractivity contribution >= 4 is 61.5 Å². The number of benzene rings is 1. The predicted octanol–water partition coefficient (Wildman–Crippen LogP) is 3.95. The van der Waals surface area contributed by atoms with Crippen molar-refractivity contribution in [3.63, 3.8) is 0 Å². The van der Waals surface area contributed by atoms with Crippen LogP contribution in [-0.2, 0) is 21.2 Å². The van der Waals surface area contributed by atoms with E-state index in [1.807, 2.05) is 0 Å². The molecule has 1 aromatic carbocycles. The predicted molar refractivity (Wildman–Crippen MR) is 85.4 cm³/mol. The molecule has 1 N–H and O–H groups in total. The Kier molecular flexibility index (Phi) is 4.73. The standard InChI is InChI=1S/C11H13Cl2N3O2S2/c1-3-20(17,18)5-6(2)14-9-7(12)4-8(13)10-11(9)16-19-15-10/h4,6,14H,3,5H2,1-2H3. The Morgan fingerprint density at radius 1 is 1.30 bits per heavy atom. The first-order valence-corrected chi connectivity index (χ1v) is 9.22. The van der Waals surface area contributed by atoms with Gasteiger partial charge in [-0.25, -0.2) is 8.42 Å². The lowest BCUT2D eigenvalue weighted by Gasteiger charge is -2.18. The van der Waals surface area contributed by atoms with E-state index in [1.165, 1.54) is 0 Å². The zero-order valence-corrected chi connectivity index (χ0v) is 14.0. The number of nitrogens with zero attached hydrogens (tertiary/aromatic N) is 2. The van der Waals surface area contributed by atoms with Crippen LogP contribution in [0, 0.1) is 0 Å². The molecular formula is C11H13Cl2N3O2S2. The summed E-state index contributed by atoms with van der Waals surface area (Å²) in [6.45, 7) is 3.41. The Morgan fingerprint density at radius 3 is 2.60 bits per heavy atom. The minimum absolute atomic E-state index is 0.0293. The average Bonchev–Trinajstić information content (AvgIpc) is 2.83. The number of anilines is 1. The van der Waals surface area contributed by atoms with Crippen LogP contribution in [0.4, 0.5) is 17.1 Å². The molecule has 9 heteroatoms. The van der Waals surface area contributed by atoms with Crippen molar-refractivity contribution in [3.8, 4) is 0 Å². The van der Waals surface area contributed by atoms with Gasteiger partial charge in [-0.1, -0.05) is 30.1 Å². The summed E-state index contributed by atoms with van der Waals surface area (Å²) in [4.78, 5) is 0. The Bertz CT molecular complexity index is 713. The molecule has 1 aliphatic rings. The minimum atomic E-state index is -3.06. The van der Waals surface area contributed by atoms with E-state index in [0.29, 0.717) is 27.1 Å². The summed E-state index contributed by atoms with van der Waals surface area (Å²) >= 11 is 13.2. The first kappa shape index (κ1) is 15.8. The van der Waals surface area contributed by atoms with Gasteiger partial charge >= 0.3 is 0 Å². The smallest absolute Gasteiger partial charge is 0.152 e. The number of hydrogen-bond donors (Lipinski definition) is 1. The van der Waals surface area contributed by atoms with E-state index < -0.39 is 9.84 Å². The molecule has 0 aromatic heterocycles. The highest BCUT2D eigenvalue weighted by molar-refractivity contribution is 7.91. The van der Waals surface area contributed by atoms with E-state index in [0.717, 1.165) is 11.4 Å². The summed E-state index contributed by atoms with van der Waals surface area (Å²) < 4.78 is 31.5. The molecule has 2 rings (SSSR count). The summed E-state index contributed by atoms with van der Waals surface area (Å²) in [6.07, 6.45) is 0. The fourth-order valence-corrected chi connectivity index (χ4v) is 4.05. The zero-order chi connectivity index (χ0) is 14.9. The highest BCUT2D eigenvalue weighted by atomic mass is 35.5. The van der Waals surface area contributed by atoms with Crippen molar-refractivity contribution < 1.29 is 8.42 Å². The second-order valence-electron chi connectivity index (χ2n) is 4.42. The Morgan fingerprint density at radius 2 is 1.95 bits per heavy atom. The van der Waals surface area contributed by atoms with Gasteiger partial charge in [0, 0.05) is 11.8 Å².